The molecule has 1 aromatic heterocycles. The Hall–Kier alpha value is -2.65. The van der Waals surface area contributed by atoms with Crippen LogP contribution < -0.4 is 14.9 Å². The molecule has 0 bridgehead atoms. The van der Waals surface area contributed by atoms with Gasteiger partial charge in [0.1, 0.15) is 6.04 Å². The van der Waals surface area contributed by atoms with E-state index in [1.807, 2.05) is 19.9 Å². The largest absolute Gasteiger partial charge is 0.465 e. The van der Waals surface area contributed by atoms with Crippen LogP contribution in [0.3, 0.4) is 0 Å². The lowest BCUT2D eigenvalue weighted by Crippen LogP contribution is -2.42. The summed E-state index contributed by atoms with van der Waals surface area (Å²) in [6, 6.07) is 7.77. The summed E-state index contributed by atoms with van der Waals surface area (Å²) in [5.41, 5.74) is 3.02. The second-order valence-electron chi connectivity index (χ2n) is 8.04. The van der Waals surface area contributed by atoms with E-state index in [2.05, 4.69) is 26.8 Å². The maximum Gasteiger partial charge on any atom is 0.324 e. The predicted octanol–water partition coefficient (Wildman–Crippen LogP) is 3.12. The van der Waals surface area contributed by atoms with Crippen LogP contribution >= 0.6 is 0 Å². The molecular formula is C22H30N4O4S. The summed E-state index contributed by atoms with van der Waals surface area (Å²) in [6.45, 7) is 8.44. The number of anilines is 2. The van der Waals surface area contributed by atoms with Crippen molar-refractivity contribution in [2.45, 2.75) is 57.8 Å². The highest BCUT2D eigenvalue weighted by Gasteiger charge is 2.28. The minimum Gasteiger partial charge on any atom is -0.465 e. The van der Waals surface area contributed by atoms with Gasteiger partial charge >= 0.3 is 5.97 Å². The molecule has 0 saturated heterocycles. The molecule has 0 aliphatic carbocycles. The number of nitrogens with zero attached hydrogens (tertiary/aromatic N) is 2. The summed E-state index contributed by atoms with van der Waals surface area (Å²) in [5, 5.41) is 3.38. The van der Waals surface area contributed by atoms with Gasteiger partial charge in [-0.3, -0.25) is 9.78 Å². The third-order valence-corrected chi connectivity index (χ3v) is 6.59. The normalized spacial score (nSPS) is 16.7. The lowest BCUT2D eigenvalue weighted by atomic mass is 10.1. The average Bonchev–Trinajstić information content (AvgIpc) is 3.03. The molecule has 1 aliphatic heterocycles. The number of benzene rings is 1. The Morgan fingerprint density at radius 3 is 2.61 bits per heavy atom. The van der Waals surface area contributed by atoms with Gasteiger partial charge in [0, 0.05) is 12.7 Å². The van der Waals surface area contributed by atoms with Crippen molar-refractivity contribution in [1.82, 2.24) is 9.71 Å². The zero-order valence-electron chi connectivity index (χ0n) is 18.3. The molecule has 0 amide bonds. The Kier molecular flexibility index (Phi) is 7.17. The van der Waals surface area contributed by atoms with Gasteiger partial charge in [-0.05, 0) is 49.9 Å². The number of esters is 1. The van der Waals surface area contributed by atoms with E-state index in [4.69, 9.17) is 4.74 Å². The third-order valence-electron chi connectivity index (χ3n) is 5.10. The molecule has 1 unspecified atom stereocenters. The van der Waals surface area contributed by atoms with E-state index >= 15 is 0 Å². The Bertz CT molecular complexity index is 1010. The Morgan fingerprint density at radius 1 is 1.26 bits per heavy atom. The fourth-order valence-corrected chi connectivity index (χ4v) is 4.81. The highest BCUT2D eigenvalue weighted by atomic mass is 32.2. The Morgan fingerprint density at radius 2 is 1.97 bits per heavy atom. The summed E-state index contributed by atoms with van der Waals surface area (Å²) in [5.74, 6) is -0.423. The van der Waals surface area contributed by atoms with Gasteiger partial charge in [-0.2, -0.15) is 4.72 Å². The van der Waals surface area contributed by atoms with Crippen molar-refractivity contribution < 1.29 is 17.9 Å². The molecule has 168 valence electrons. The second kappa shape index (κ2) is 9.65. The van der Waals surface area contributed by atoms with E-state index in [9.17, 15) is 13.2 Å². The smallest absolute Gasteiger partial charge is 0.324 e. The molecule has 8 nitrogen and oxygen atoms in total. The quantitative estimate of drug-likeness (QED) is 0.571. The Labute approximate surface area is 184 Å². The van der Waals surface area contributed by atoms with Crippen LogP contribution in [0.25, 0.3) is 0 Å². The van der Waals surface area contributed by atoms with Crippen LogP contribution in [-0.4, -0.2) is 38.2 Å². The number of nitrogens with one attached hydrogen (secondary N) is 2. The molecule has 0 radical (unpaired) electrons. The molecule has 2 atom stereocenters. The van der Waals surface area contributed by atoms with Crippen molar-refractivity contribution in [2.75, 3.05) is 16.8 Å². The van der Waals surface area contributed by atoms with E-state index in [0.717, 1.165) is 16.9 Å². The van der Waals surface area contributed by atoms with Gasteiger partial charge in [-0.25, -0.2) is 8.42 Å². The van der Waals surface area contributed by atoms with Crippen LogP contribution in [0.4, 0.5) is 11.4 Å². The molecule has 2 aromatic rings. The summed E-state index contributed by atoms with van der Waals surface area (Å²) < 4.78 is 33.3. The molecule has 9 heteroatoms. The fourth-order valence-electron chi connectivity index (χ4n) is 3.62. The first-order chi connectivity index (χ1) is 14.7. The van der Waals surface area contributed by atoms with Gasteiger partial charge < -0.3 is 15.0 Å². The molecule has 2 heterocycles. The number of ether oxygens (including phenoxy) is 1. The van der Waals surface area contributed by atoms with E-state index in [0.29, 0.717) is 13.0 Å². The number of hydrogen-bond acceptors (Lipinski definition) is 7. The number of fused-ring (bicyclic) bond motifs is 1. The monoisotopic (exact) mass is 446 g/mol. The lowest BCUT2D eigenvalue weighted by molar-refractivity contribution is -0.145. The molecule has 0 fully saturated rings. The molecule has 31 heavy (non-hydrogen) atoms. The minimum absolute atomic E-state index is 0.102. The number of rotatable bonds is 9. The lowest BCUT2D eigenvalue weighted by Gasteiger charge is -2.24. The minimum atomic E-state index is -3.86. The maximum absolute atomic E-state index is 12.9. The van der Waals surface area contributed by atoms with Crippen molar-refractivity contribution in [1.29, 1.82) is 0 Å². The standard InChI is InChI=1S/C22H30N4O4S/c1-5-30-22(27)19(12-15(2)3)25-31(28,29)18-8-6-17(7-9-18)14-26-16(4)24-20-13-23-11-10-21(20)26/h6-11,13,15-16,19,24-25H,5,12,14H2,1-4H3/t16?,19-/m0/s1. The number of carbonyl (C=O) groups is 1. The first-order valence-electron chi connectivity index (χ1n) is 10.5. The zero-order valence-corrected chi connectivity index (χ0v) is 19.1. The number of aromatic nitrogens is 1. The maximum atomic E-state index is 12.9. The number of sulfonamides is 1. The van der Waals surface area contributed by atoms with Crippen LogP contribution in [0.2, 0.25) is 0 Å². The highest BCUT2D eigenvalue weighted by molar-refractivity contribution is 7.89. The van der Waals surface area contributed by atoms with Crippen molar-refractivity contribution >= 4 is 27.4 Å². The van der Waals surface area contributed by atoms with E-state index in [1.165, 1.54) is 0 Å². The number of pyridine rings is 1. The SMILES string of the molecule is CCOC(=O)[C@H](CC(C)C)NS(=O)(=O)c1ccc(CN2c3ccncc3NC2C)cc1. The summed E-state index contributed by atoms with van der Waals surface area (Å²) in [7, 11) is -3.86. The van der Waals surface area contributed by atoms with Gasteiger partial charge in [-0.1, -0.05) is 26.0 Å². The van der Waals surface area contributed by atoms with E-state index in [-0.39, 0.29) is 23.6 Å². The van der Waals surface area contributed by atoms with Crippen molar-refractivity contribution in [3.63, 3.8) is 0 Å². The van der Waals surface area contributed by atoms with Crippen molar-refractivity contribution in [2.24, 2.45) is 5.92 Å². The van der Waals surface area contributed by atoms with Gasteiger partial charge in [0.15, 0.2) is 0 Å². The van der Waals surface area contributed by atoms with Gasteiger partial charge in [0.05, 0.1) is 35.2 Å². The molecule has 1 aliphatic rings. The number of hydrogen-bond donors (Lipinski definition) is 2. The predicted molar refractivity (Wildman–Crippen MR) is 120 cm³/mol. The van der Waals surface area contributed by atoms with E-state index in [1.54, 1.807) is 43.6 Å². The van der Waals surface area contributed by atoms with Crippen molar-refractivity contribution in [3.05, 3.63) is 48.3 Å². The average molecular weight is 447 g/mol. The van der Waals surface area contributed by atoms with Crippen LogP contribution in [0, 0.1) is 5.92 Å². The molecule has 2 N–H and O–H groups in total. The zero-order chi connectivity index (χ0) is 22.6. The van der Waals surface area contributed by atoms with Gasteiger partial charge in [0.2, 0.25) is 10.0 Å². The second-order valence-corrected chi connectivity index (χ2v) is 9.75. The summed E-state index contributed by atoms with van der Waals surface area (Å²) in [4.78, 5) is 18.7. The van der Waals surface area contributed by atoms with E-state index < -0.39 is 22.0 Å². The fraction of sp³-hybridized carbons (Fsp3) is 0.455. The van der Waals surface area contributed by atoms with Crippen molar-refractivity contribution in [3.8, 4) is 0 Å². The molecular weight excluding hydrogens is 416 g/mol. The Balaban J connectivity index is 1.73. The topological polar surface area (TPSA) is 101 Å². The van der Waals surface area contributed by atoms with Crippen LogP contribution in [0.1, 0.15) is 39.7 Å². The molecule has 0 spiro atoms. The van der Waals surface area contributed by atoms with Crippen LogP contribution in [0.15, 0.2) is 47.6 Å². The molecule has 1 aromatic carbocycles. The first kappa shape index (κ1) is 23.0. The van der Waals surface area contributed by atoms with Gasteiger partial charge in [-0.15, -0.1) is 0 Å². The van der Waals surface area contributed by atoms with Crippen LogP contribution in [0.5, 0.6) is 0 Å². The first-order valence-corrected chi connectivity index (χ1v) is 11.9. The van der Waals surface area contributed by atoms with Gasteiger partial charge in [0.25, 0.3) is 0 Å². The molecule has 3 rings (SSSR count). The summed E-state index contributed by atoms with van der Waals surface area (Å²) in [6.07, 6.45) is 4.02. The van der Waals surface area contributed by atoms with Crippen LogP contribution in [-0.2, 0) is 26.1 Å². The highest BCUT2D eigenvalue weighted by Crippen LogP contribution is 2.34. The third kappa shape index (κ3) is 5.54. The molecule has 0 saturated carbocycles. The summed E-state index contributed by atoms with van der Waals surface area (Å²) >= 11 is 0. The number of carbonyl (C=O) groups excluding carboxylic acids is 1.